The average Bonchev–Trinajstić information content (AvgIpc) is 2.13. The highest BCUT2D eigenvalue weighted by atomic mass is 19.4. The number of carbonyl (C=O) groups excluding carboxylic acids is 1. The molecule has 1 unspecified atom stereocenters. The van der Waals surface area contributed by atoms with E-state index in [0.29, 0.717) is 0 Å². The number of carbonyl (C=O) groups is 2. The van der Waals surface area contributed by atoms with Gasteiger partial charge >= 0.3 is 12.1 Å². The summed E-state index contributed by atoms with van der Waals surface area (Å²) in [5, 5.41) is 10.6. The van der Waals surface area contributed by atoms with Gasteiger partial charge in [-0.05, 0) is 12.3 Å². The summed E-state index contributed by atoms with van der Waals surface area (Å²) in [6, 6.07) is 0. The number of carboxylic acids is 1. The number of carboxylic acid groups (broad SMARTS) is 1. The molecular formula is C11H14F3NO3. The molecule has 4 nitrogen and oxygen atoms in total. The number of hydrogen-bond donors (Lipinski definition) is 2. The Bertz CT molecular complexity index is 399. The van der Waals surface area contributed by atoms with Gasteiger partial charge in [0.1, 0.15) is 5.70 Å². The third-order valence-corrected chi connectivity index (χ3v) is 2.64. The van der Waals surface area contributed by atoms with Gasteiger partial charge in [-0.2, -0.15) is 13.2 Å². The molecule has 7 heteroatoms. The van der Waals surface area contributed by atoms with Crippen molar-refractivity contribution >= 4 is 11.9 Å². The van der Waals surface area contributed by atoms with Crippen LogP contribution in [0.4, 0.5) is 13.2 Å². The lowest BCUT2D eigenvalue weighted by molar-refractivity contribution is -0.138. The zero-order valence-electron chi connectivity index (χ0n) is 9.97. The van der Waals surface area contributed by atoms with Gasteiger partial charge in [-0.1, -0.05) is 13.8 Å². The molecule has 1 atom stereocenters. The Balaban J connectivity index is 3.25. The van der Waals surface area contributed by atoms with E-state index >= 15 is 0 Å². The molecule has 1 aliphatic rings. The van der Waals surface area contributed by atoms with Crippen LogP contribution in [0.5, 0.6) is 0 Å². The van der Waals surface area contributed by atoms with Crippen molar-refractivity contribution in [1.82, 2.24) is 5.32 Å². The van der Waals surface area contributed by atoms with E-state index < -0.39 is 35.2 Å². The highest BCUT2D eigenvalue weighted by Crippen LogP contribution is 2.36. The Morgan fingerprint density at radius 2 is 2.06 bits per heavy atom. The Labute approximate surface area is 102 Å². The minimum Gasteiger partial charge on any atom is -0.478 e. The van der Waals surface area contributed by atoms with Gasteiger partial charge in [-0.3, -0.25) is 4.79 Å². The van der Waals surface area contributed by atoms with Crippen molar-refractivity contribution in [2.24, 2.45) is 11.8 Å². The minimum absolute atomic E-state index is 0.00438. The van der Waals surface area contributed by atoms with E-state index in [4.69, 9.17) is 5.11 Å². The monoisotopic (exact) mass is 265 g/mol. The third kappa shape index (κ3) is 3.24. The van der Waals surface area contributed by atoms with Crippen LogP contribution >= 0.6 is 0 Å². The van der Waals surface area contributed by atoms with E-state index in [1.165, 1.54) is 0 Å². The molecule has 1 heterocycles. The van der Waals surface area contributed by atoms with Gasteiger partial charge in [0.15, 0.2) is 0 Å². The maximum absolute atomic E-state index is 12.7. The van der Waals surface area contributed by atoms with Crippen molar-refractivity contribution in [3.05, 3.63) is 11.3 Å². The molecule has 0 aromatic heterocycles. The van der Waals surface area contributed by atoms with E-state index in [0.717, 1.165) is 0 Å². The zero-order chi connectivity index (χ0) is 14.1. The van der Waals surface area contributed by atoms with E-state index in [9.17, 15) is 22.8 Å². The number of alkyl halides is 3. The van der Waals surface area contributed by atoms with Crippen LogP contribution in [-0.2, 0) is 9.59 Å². The standard InChI is InChI=1S/C11H14F3NO3/c1-5(2)3-6-4-7(16)15-9(11(12,13)14)8(6)10(17)18/h5-6H,3-4H2,1-2H3,(H,15,16)(H,17,18). The van der Waals surface area contributed by atoms with E-state index in [-0.39, 0.29) is 18.8 Å². The minimum atomic E-state index is -4.86. The quantitative estimate of drug-likeness (QED) is 0.821. The molecule has 0 spiro atoms. The van der Waals surface area contributed by atoms with Crippen molar-refractivity contribution < 1.29 is 27.9 Å². The van der Waals surface area contributed by atoms with Crippen LogP contribution in [0.15, 0.2) is 11.3 Å². The summed E-state index contributed by atoms with van der Waals surface area (Å²) in [6.07, 6.45) is -4.85. The average molecular weight is 265 g/mol. The Hall–Kier alpha value is -1.53. The van der Waals surface area contributed by atoms with Crippen LogP contribution in [0.25, 0.3) is 0 Å². The molecule has 0 saturated carbocycles. The number of hydrogen-bond acceptors (Lipinski definition) is 2. The lowest BCUT2D eigenvalue weighted by Crippen LogP contribution is -2.41. The number of nitrogens with one attached hydrogen (secondary N) is 1. The molecule has 0 aromatic carbocycles. The molecule has 0 bridgehead atoms. The highest BCUT2D eigenvalue weighted by Gasteiger charge is 2.44. The first-order chi connectivity index (χ1) is 8.12. The van der Waals surface area contributed by atoms with Gasteiger partial charge in [0.2, 0.25) is 5.91 Å². The maximum Gasteiger partial charge on any atom is 0.431 e. The fraction of sp³-hybridized carbons (Fsp3) is 0.636. The molecule has 1 amide bonds. The maximum atomic E-state index is 12.7. The van der Waals surface area contributed by atoms with E-state index in [2.05, 4.69) is 0 Å². The molecule has 0 fully saturated rings. The molecule has 102 valence electrons. The normalized spacial score (nSPS) is 21.2. The van der Waals surface area contributed by atoms with Crippen LogP contribution in [0, 0.1) is 11.8 Å². The van der Waals surface area contributed by atoms with Crippen molar-refractivity contribution in [3.63, 3.8) is 0 Å². The molecule has 1 aliphatic heterocycles. The zero-order valence-corrected chi connectivity index (χ0v) is 9.97. The van der Waals surface area contributed by atoms with Crippen molar-refractivity contribution in [1.29, 1.82) is 0 Å². The number of amides is 1. The van der Waals surface area contributed by atoms with Gasteiger partial charge in [0.05, 0.1) is 5.57 Å². The molecular weight excluding hydrogens is 251 g/mol. The SMILES string of the molecule is CC(C)CC1CC(=O)NC(C(F)(F)F)=C1C(=O)O. The predicted octanol–water partition coefficient (Wildman–Crippen LogP) is 2.07. The second kappa shape index (κ2) is 4.99. The van der Waals surface area contributed by atoms with Crippen LogP contribution < -0.4 is 5.32 Å². The van der Waals surface area contributed by atoms with Crippen LogP contribution in [-0.4, -0.2) is 23.2 Å². The summed E-state index contributed by atoms with van der Waals surface area (Å²) in [7, 11) is 0. The molecule has 0 aliphatic carbocycles. The summed E-state index contributed by atoms with van der Waals surface area (Å²) in [4.78, 5) is 22.2. The lowest BCUT2D eigenvalue weighted by atomic mass is 9.84. The van der Waals surface area contributed by atoms with E-state index in [1.807, 2.05) is 0 Å². The summed E-state index contributed by atoms with van der Waals surface area (Å²) >= 11 is 0. The van der Waals surface area contributed by atoms with Gasteiger partial charge < -0.3 is 10.4 Å². The first-order valence-electron chi connectivity index (χ1n) is 5.47. The summed E-state index contributed by atoms with van der Waals surface area (Å²) in [5.74, 6) is -3.32. The van der Waals surface area contributed by atoms with Gasteiger partial charge in [-0.15, -0.1) is 0 Å². The summed E-state index contributed by atoms with van der Waals surface area (Å²) < 4.78 is 38.1. The molecule has 1 rings (SSSR count). The van der Waals surface area contributed by atoms with Gasteiger partial charge in [0, 0.05) is 12.3 Å². The Morgan fingerprint density at radius 3 is 2.44 bits per heavy atom. The molecule has 0 radical (unpaired) electrons. The number of halogens is 3. The Morgan fingerprint density at radius 1 is 1.50 bits per heavy atom. The van der Waals surface area contributed by atoms with Gasteiger partial charge in [-0.25, -0.2) is 4.79 Å². The highest BCUT2D eigenvalue weighted by molar-refractivity contribution is 5.93. The number of rotatable bonds is 3. The second-order valence-electron chi connectivity index (χ2n) is 4.67. The predicted molar refractivity (Wildman–Crippen MR) is 56.4 cm³/mol. The fourth-order valence-corrected chi connectivity index (χ4v) is 2.06. The molecule has 18 heavy (non-hydrogen) atoms. The van der Waals surface area contributed by atoms with Crippen LogP contribution in [0.2, 0.25) is 0 Å². The third-order valence-electron chi connectivity index (χ3n) is 2.64. The van der Waals surface area contributed by atoms with Crippen molar-refractivity contribution in [3.8, 4) is 0 Å². The van der Waals surface area contributed by atoms with Gasteiger partial charge in [0.25, 0.3) is 0 Å². The fourth-order valence-electron chi connectivity index (χ4n) is 2.06. The first kappa shape index (κ1) is 14.5. The lowest BCUT2D eigenvalue weighted by Gasteiger charge is -2.28. The Kier molecular flexibility index (Phi) is 4.03. The summed E-state index contributed by atoms with van der Waals surface area (Å²) in [5.41, 5.74) is -2.17. The van der Waals surface area contributed by atoms with E-state index in [1.54, 1.807) is 19.2 Å². The first-order valence-corrected chi connectivity index (χ1v) is 5.47. The number of allylic oxidation sites excluding steroid dienone is 1. The van der Waals surface area contributed by atoms with Crippen molar-refractivity contribution in [2.75, 3.05) is 0 Å². The smallest absolute Gasteiger partial charge is 0.431 e. The summed E-state index contributed by atoms with van der Waals surface area (Å²) in [6.45, 7) is 3.53. The van der Waals surface area contributed by atoms with Crippen LogP contribution in [0.3, 0.4) is 0 Å². The topological polar surface area (TPSA) is 66.4 Å². The van der Waals surface area contributed by atoms with Crippen LogP contribution in [0.1, 0.15) is 26.7 Å². The van der Waals surface area contributed by atoms with Crippen molar-refractivity contribution in [2.45, 2.75) is 32.9 Å². The molecule has 2 N–H and O–H groups in total. The number of aliphatic carboxylic acids is 1. The molecule has 0 aromatic rings. The molecule has 0 saturated heterocycles. The second-order valence-corrected chi connectivity index (χ2v) is 4.67. The largest absolute Gasteiger partial charge is 0.478 e.